The summed E-state index contributed by atoms with van der Waals surface area (Å²) >= 11 is 1.83. The number of halogens is 1. The molecule has 2 aromatic heterocycles. The van der Waals surface area contributed by atoms with Crippen molar-refractivity contribution in [3.8, 4) is 0 Å². The molecule has 0 aliphatic heterocycles. The van der Waals surface area contributed by atoms with E-state index in [1.807, 2.05) is 23.7 Å². The van der Waals surface area contributed by atoms with Crippen LogP contribution in [0.4, 0.5) is 0 Å². The maximum absolute atomic E-state index is 4.71. The zero-order valence-electron chi connectivity index (χ0n) is 16.2. The fraction of sp³-hybridized carbons (Fsp3) is 0.579. The van der Waals surface area contributed by atoms with Crippen LogP contribution in [0.2, 0.25) is 0 Å². The van der Waals surface area contributed by atoms with Crippen LogP contribution in [0, 0.1) is 11.8 Å². The van der Waals surface area contributed by atoms with Gasteiger partial charge in [0.15, 0.2) is 5.96 Å². The number of aromatic nitrogens is 2. The molecule has 0 aliphatic carbocycles. The molecule has 0 aromatic carbocycles. The lowest BCUT2D eigenvalue weighted by Gasteiger charge is -2.15. The molecular weight excluding hydrogens is 457 g/mol. The number of hydrogen-bond donors (Lipinski definition) is 2. The summed E-state index contributed by atoms with van der Waals surface area (Å²) in [6.45, 7) is 12.1. The highest BCUT2D eigenvalue weighted by atomic mass is 127. The van der Waals surface area contributed by atoms with Gasteiger partial charge in [-0.3, -0.25) is 0 Å². The molecule has 0 amide bonds. The normalized spacial score (nSPS) is 12.7. The van der Waals surface area contributed by atoms with Gasteiger partial charge in [-0.15, -0.1) is 35.3 Å². The molecule has 146 valence electrons. The first-order chi connectivity index (χ1) is 12.1. The standard InChI is InChI=1S/C19H31N5S.HI/c1-5-20-19(22-12-16(4)11-17-7-6-10-25-17)23-13-18-21-8-9-24(18)14-15(2)3;/h6-10,15-16H,5,11-14H2,1-4H3,(H2,20,22,23);1H. The summed E-state index contributed by atoms with van der Waals surface area (Å²) in [5, 5.41) is 8.93. The topological polar surface area (TPSA) is 54.2 Å². The van der Waals surface area contributed by atoms with Gasteiger partial charge < -0.3 is 15.2 Å². The summed E-state index contributed by atoms with van der Waals surface area (Å²) in [5.74, 6) is 3.03. The first-order valence-electron chi connectivity index (χ1n) is 9.13. The zero-order valence-corrected chi connectivity index (χ0v) is 19.4. The van der Waals surface area contributed by atoms with Crippen LogP contribution in [0.25, 0.3) is 0 Å². The van der Waals surface area contributed by atoms with Crippen molar-refractivity contribution in [2.75, 3.05) is 13.1 Å². The van der Waals surface area contributed by atoms with Crippen LogP contribution >= 0.6 is 35.3 Å². The van der Waals surface area contributed by atoms with Crippen molar-refractivity contribution in [3.05, 3.63) is 40.6 Å². The number of nitrogens with zero attached hydrogens (tertiary/aromatic N) is 3. The Morgan fingerprint density at radius 2 is 2.12 bits per heavy atom. The van der Waals surface area contributed by atoms with E-state index in [9.17, 15) is 0 Å². The van der Waals surface area contributed by atoms with Gasteiger partial charge in [-0.2, -0.15) is 0 Å². The molecule has 0 spiro atoms. The number of thiophene rings is 1. The fourth-order valence-electron chi connectivity index (χ4n) is 2.66. The summed E-state index contributed by atoms with van der Waals surface area (Å²) in [6, 6.07) is 4.32. The Bertz CT molecular complexity index is 636. The minimum absolute atomic E-state index is 0. The molecule has 0 saturated carbocycles. The predicted molar refractivity (Wildman–Crippen MR) is 122 cm³/mol. The molecule has 0 fully saturated rings. The van der Waals surface area contributed by atoms with E-state index in [2.05, 4.69) is 65.4 Å². The Hall–Kier alpha value is -1.09. The summed E-state index contributed by atoms with van der Waals surface area (Å²) < 4.78 is 2.19. The van der Waals surface area contributed by atoms with E-state index in [1.54, 1.807) is 0 Å². The lowest BCUT2D eigenvalue weighted by molar-refractivity contribution is 0.507. The van der Waals surface area contributed by atoms with Crippen LogP contribution in [0.1, 0.15) is 38.4 Å². The lowest BCUT2D eigenvalue weighted by Crippen LogP contribution is -2.39. The fourth-order valence-corrected chi connectivity index (χ4v) is 3.53. The molecule has 5 nitrogen and oxygen atoms in total. The minimum Gasteiger partial charge on any atom is -0.357 e. The van der Waals surface area contributed by atoms with Gasteiger partial charge in [0, 0.05) is 36.9 Å². The van der Waals surface area contributed by atoms with Crippen molar-refractivity contribution < 1.29 is 0 Å². The molecule has 0 aliphatic rings. The van der Waals surface area contributed by atoms with Gasteiger partial charge in [0.1, 0.15) is 12.4 Å². The van der Waals surface area contributed by atoms with Gasteiger partial charge in [0.25, 0.3) is 0 Å². The Balaban J connectivity index is 0.00000338. The molecule has 2 aromatic rings. The van der Waals surface area contributed by atoms with Gasteiger partial charge in [-0.25, -0.2) is 9.98 Å². The average molecular weight is 489 g/mol. The van der Waals surface area contributed by atoms with Crippen LogP contribution in [-0.2, 0) is 19.5 Å². The van der Waals surface area contributed by atoms with Crippen molar-refractivity contribution in [2.45, 2.75) is 47.2 Å². The summed E-state index contributed by atoms with van der Waals surface area (Å²) in [4.78, 5) is 10.6. The van der Waals surface area contributed by atoms with Crippen LogP contribution < -0.4 is 10.6 Å². The molecule has 26 heavy (non-hydrogen) atoms. The SMILES string of the molecule is CCNC(=NCc1nccn1CC(C)C)NCC(C)Cc1cccs1.I. The molecule has 0 saturated heterocycles. The molecule has 1 unspecified atom stereocenters. The number of guanidine groups is 1. The maximum Gasteiger partial charge on any atom is 0.191 e. The van der Waals surface area contributed by atoms with E-state index in [0.29, 0.717) is 18.4 Å². The highest BCUT2D eigenvalue weighted by Crippen LogP contribution is 2.13. The molecule has 2 heterocycles. The third-order valence-corrected chi connectivity index (χ3v) is 4.73. The Labute approximate surface area is 178 Å². The molecule has 1 atom stereocenters. The minimum atomic E-state index is 0. The number of nitrogens with one attached hydrogen (secondary N) is 2. The molecule has 2 N–H and O–H groups in total. The monoisotopic (exact) mass is 489 g/mol. The molecular formula is C19H32IN5S. The Kier molecular flexibility index (Phi) is 10.9. The van der Waals surface area contributed by atoms with Crippen molar-refractivity contribution in [2.24, 2.45) is 16.8 Å². The lowest BCUT2D eigenvalue weighted by atomic mass is 10.1. The maximum atomic E-state index is 4.71. The van der Waals surface area contributed by atoms with Crippen LogP contribution in [0.15, 0.2) is 34.9 Å². The molecule has 0 radical (unpaired) electrons. The number of hydrogen-bond acceptors (Lipinski definition) is 3. The third-order valence-electron chi connectivity index (χ3n) is 3.83. The van der Waals surface area contributed by atoms with Crippen molar-refractivity contribution in [1.29, 1.82) is 0 Å². The first-order valence-corrected chi connectivity index (χ1v) is 10.0. The number of rotatable bonds is 9. The van der Waals surface area contributed by atoms with Gasteiger partial charge in [0.2, 0.25) is 0 Å². The second-order valence-electron chi connectivity index (χ2n) is 6.85. The smallest absolute Gasteiger partial charge is 0.191 e. The number of imidazole rings is 1. The van der Waals surface area contributed by atoms with Gasteiger partial charge in [-0.1, -0.05) is 26.8 Å². The van der Waals surface area contributed by atoms with Crippen molar-refractivity contribution in [1.82, 2.24) is 20.2 Å². The summed E-state index contributed by atoms with van der Waals surface area (Å²) in [6.07, 6.45) is 4.99. The van der Waals surface area contributed by atoms with E-state index in [0.717, 1.165) is 37.8 Å². The van der Waals surface area contributed by atoms with Crippen molar-refractivity contribution >= 4 is 41.3 Å². The summed E-state index contributed by atoms with van der Waals surface area (Å²) in [7, 11) is 0. The molecule has 0 bridgehead atoms. The molecule has 2 rings (SSSR count). The zero-order chi connectivity index (χ0) is 18.1. The van der Waals surface area contributed by atoms with Crippen LogP contribution in [0.3, 0.4) is 0 Å². The van der Waals surface area contributed by atoms with E-state index in [1.165, 1.54) is 4.88 Å². The highest BCUT2D eigenvalue weighted by Gasteiger charge is 2.08. The highest BCUT2D eigenvalue weighted by molar-refractivity contribution is 14.0. The van der Waals surface area contributed by atoms with Crippen LogP contribution in [0.5, 0.6) is 0 Å². The largest absolute Gasteiger partial charge is 0.357 e. The van der Waals surface area contributed by atoms with Gasteiger partial charge >= 0.3 is 0 Å². The second-order valence-corrected chi connectivity index (χ2v) is 7.89. The van der Waals surface area contributed by atoms with E-state index in [4.69, 9.17) is 4.99 Å². The third kappa shape index (κ3) is 8.07. The number of aliphatic imine (C=N–C) groups is 1. The summed E-state index contributed by atoms with van der Waals surface area (Å²) in [5.41, 5.74) is 0. The van der Waals surface area contributed by atoms with E-state index in [-0.39, 0.29) is 24.0 Å². The van der Waals surface area contributed by atoms with Crippen molar-refractivity contribution in [3.63, 3.8) is 0 Å². The molecule has 7 heteroatoms. The van der Waals surface area contributed by atoms with Crippen LogP contribution in [-0.4, -0.2) is 28.6 Å². The first kappa shape index (κ1) is 23.0. The van der Waals surface area contributed by atoms with E-state index < -0.39 is 0 Å². The van der Waals surface area contributed by atoms with E-state index >= 15 is 0 Å². The Morgan fingerprint density at radius 3 is 2.77 bits per heavy atom. The predicted octanol–water partition coefficient (Wildman–Crippen LogP) is 4.15. The average Bonchev–Trinajstić information content (AvgIpc) is 3.21. The quantitative estimate of drug-likeness (QED) is 0.316. The van der Waals surface area contributed by atoms with Gasteiger partial charge in [0.05, 0.1) is 0 Å². The Morgan fingerprint density at radius 1 is 1.31 bits per heavy atom. The second kappa shape index (κ2) is 12.3. The van der Waals surface area contributed by atoms with Gasteiger partial charge in [-0.05, 0) is 36.6 Å².